The number of rotatable bonds is 5. The number of carbonyl (C=O) groups is 1. The van der Waals surface area contributed by atoms with Crippen LogP contribution in [0.5, 0.6) is 0 Å². The molecule has 0 aliphatic heterocycles. The monoisotopic (exact) mass is 218 g/mol. The molecule has 0 saturated heterocycles. The second kappa shape index (κ2) is 5.50. The van der Waals surface area contributed by atoms with Gasteiger partial charge in [0.1, 0.15) is 5.60 Å². The highest BCUT2D eigenvalue weighted by atomic mass is 16.6. The first kappa shape index (κ1) is 12.5. The molecule has 0 fully saturated rings. The third-order valence-electron chi connectivity index (χ3n) is 2.33. The van der Waals surface area contributed by atoms with Crippen molar-refractivity contribution in [2.24, 2.45) is 0 Å². The van der Waals surface area contributed by atoms with Crippen LogP contribution in [0, 0.1) is 0 Å². The van der Waals surface area contributed by atoms with Crippen LogP contribution in [0.15, 0.2) is 43.0 Å². The predicted octanol–water partition coefficient (Wildman–Crippen LogP) is 3.13. The van der Waals surface area contributed by atoms with Gasteiger partial charge in [-0.1, -0.05) is 36.9 Å². The molecular formula is C14H18O2. The molecule has 0 aromatic heterocycles. The second-order valence-electron chi connectivity index (χ2n) is 4.27. The van der Waals surface area contributed by atoms with Gasteiger partial charge in [-0.05, 0) is 31.9 Å². The van der Waals surface area contributed by atoms with Gasteiger partial charge in [-0.2, -0.15) is 0 Å². The molecule has 0 heterocycles. The molecule has 0 amide bonds. The quantitative estimate of drug-likeness (QED) is 0.560. The molecule has 1 rings (SSSR count). The van der Waals surface area contributed by atoms with E-state index in [1.165, 1.54) is 0 Å². The normalized spacial score (nSPS) is 10.9. The van der Waals surface area contributed by atoms with Crippen molar-refractivity contribution in [1.29, 1.82) is 0 Å². The molecular weight excluding hydrogens is 200 g/mol. The second-order valence-corrected chi connectivity index (χ2v) is 4.27. The summed E-state index contributed by atoms with van der Waals surface area (Å²) in [4.78, 5) is 11.5. The maximum atomic E-state index is 11.5. The summed E-state index contributed by atoms with van der Waals surface area (Å²) in [6, 6.07) is 9.91. The summed E-state index contributed by atoms with van der Waals surface area (Å²) in [7, 11) is 0. The Morgan fingerprint density at radius 1 is 1.38 bits per heavy atom. The Morgan fingerprint density at radius 3 is 2.56 bits per heavy atom. The minimum Gasteiger partial charge on any atom is -0.455 e. The highest BCUT2D eigenvalue weighted by molar-refractivity contribution is 5.70. The largest absolute Gasteiger partial charge is 0.455 e. The Kier molecular flexibility index (Phi) is 4.29. The molecule has 0 spiro atoms. The highest BCUT2D eigenvalue weighted by Crippen LogP contribution is 2.12. The molecule has 0 radical (unpaired) electrons. The van der Waals surface area contributed by atoms with Crippen LogP contribution < -0.4 is 0 Å². The molecule has 16 heavy (non-hydrogen) atoms. The number of hydrogen-bond acceptors (Lipinski definition) is 2. The van der Waals surface area contributed by atoms with E-state index < -0.39 is 5.60 Å². The minimum absolute atomic E-state index is 0.186. The predicted molar refractivity (Wildman–Crippen MR) is 65.1 cm³/mol. The van der Waals surface area contributed by atoms with Gasteiger partial charge in [0, 0.05) is 6.42 Å². The van der Waals surface area contributed by atoms with Crippen LogP contribution in [-0.4, -0.2) is 11.6 Å². The molecule has 2 heteroatoms. The van der Waals surface area contributed by atoms with E-state index >= 15 is 0 Å². The molecule has 0 aliphatic rings. The highest BCUT2D eigenvalue weighted by Gasteiger charge is 2.17. The van der Waals surface area contributed by atoms with E-state index in [9.17, 15) is 4.79 Å². The van der Waals surface area contributed by atoms with Crippen molar-refractivity contribution in [1.82, 2.24) is 0 Å². The number of benzene rings is 1. The number of carbonyl (C=O) groups excluding carboxylic acids is 1. The van der Waals surface area contributed by atoms with E-state index in [2.05, 4.69) is 6.58 Å². The first-order valence-corrected chi connectivity index (χ1v) is 5.43. The fraction of sp³-hybridized carbons (Fsp3) is 0.357. The number of hydrogen-bond donors (Lipinski definition) is 0. The Balaban J connectivity index is 2.39. The molecule has 1 aromatic rings. The van der Waals surface area contributed by atoms with Crippen LogP contribution in [0.1, 0.15) is 25.8 Å². The summed E-state index contributed by atoms with van der Waals surface area (Å²) < 4.78 is 5.25. The van der Waals surface area contributed by atoms with Gasteiger partial charge in [0.05, 0.1) is 0 Å². The SMILES string of the molecule is C=CC(C)(C)OC(=O)CCc1ccccc1. The molecule has 86 valence electrons. The van der Waals surface area contributed by atoms with Crippen molar-refractivity contribution < 1.29 is 9.53 Å². The lowest BCUT2D eigenvalue weighted by Gasteiger charge is -2.20. The summed E-state index contributed by atoms with van der Waals surface area (Å²) in [5.74, 6) is -0.186. The number of aryl methyl sites for hydroxylation is 1. The van der Waals surface area contributed by atoms with Crippen molar-refractivity contribution in [3.05, 3.63) is 48.6 Å². The van der Waals surface area contributed by atoms with Gasteiger partial charge in [-0.15, -0.1) is 0 Å². The van der Waals surface area contributed by atoms with Gasteiger partial charge in [0.25, 0.3) is 0 Å². The van der Waals surface area contributed by atoms with Crippen LogP contribution >= 0.6 is 0 Å². The van der Waals surface area contributed by atoms with Gasteiger partial charge in [-0.25, -0.2) is 0 Å². The third kappa shape index (κ3) is 4.30. The van der Waals surface area contributed by atoms with Gasteiger partial charge in [0.15, 0.2) is 0 Å². The third-order valence-corrected chi connectivity index (χ3v) is 2.33. The molecule has 1 aromatic carbocycles. The van der Waals surface area contributed by atoms with E-state index in [4.69, 9.17) is 4.74 Å². The van der Waals surface area contributed by atoms with Crippen molar-refractivity contribution in [3.8, 4) is 0 Å². The Hall–Kier alpha value is -1.57. The van der Waals surface area contributed by atoms with E-state index in [1.807, 2.05) is 44.2 Å². The minimum atomic E-state index is -0.576. The zero-order valence-corrected chi connectivity index (χ0v) is 9.90. The maximum Gasteiger partial charge on any atom is 0.306 e. The van der Waals surface area contributed by atoms with E-state index in [0.717, 1.165) is 5.56 Å². The van der Waals surface area contributed by atoms with Crippen LogP contribution in [0.4, 0.5) is 0 Å². The molecule has 0 N–H and O–H groups in total. The zero-order valence-electron chi connectivity index (χ0n) is 9.90. The van der Waals surface area contributed by atoms with Gasteiger partial charge >= 0.3 is 5.97 Å². The van der Waals surface area contributed by atoms with Gasteiger partial charge < -0.3 is 4.74 Å². The van der Waals surface area contributed by atoms with Crippen molar-refractivity contribution >= 4 is 5.97 Å². The van der Waals surface area contributed by atoms with Crippen molar-refractivity contribution in [2.75, 3.05) is 0 Å². The average molecular weight is 218 g/mol. The Morgan fingerprint density at radius 2 is 2.00 bits per heavy atom. The first-order valence-electron chi connectivity index (χ1n) is 5.43. The van der Waals surface area contributed by atoms with Gasteiger partial charge in [-0.3, -0.25) is 4.79 Å². The summed E-state index contributed by atoms with van der Waals surface area (Å²) in [6.07, 6.45) is 2.75. The summed E-state index contributed by atoms with van der Waals surface area (Å²) in [6.45, 7) is 7.27. The summed E-state index contributed by atoms with van der Waals surface area (Å²) >= 11 is 0. The molecule has 0 unspecified atom stereocenters. The standard InChI is InChI=1S/C14H18O2/c1-4-14(2,3)16-13(15)11-10-12-8-6-5-7-9-12/h4-9H,1,10-11H2,2-3H3. The fourth-order valence-electron chi connectivity index (χ4n) is 1.28. The lowest BCUT2D eigenvalue weighted by molar-refractivity contribution is -0.152. The van der Waals surface area contributed by atoms with Crippen LogP contribution in [0.3, 0.4) is 0 Å². The number of esters is 1. The van der Waals surface area contributed by atoms with Gasteiger partial charge in [0.2, 0.25) is 0 Å². The van der Waals surface area contributed by atoms with Crippen LogP contribution in [-0.2, 0) is 16.0 Å². The molecule has 0 aliphatic carbocycles. The first-order chi connectivity index (χ1) is 7.53. The maximum absolute atomic E-state index is 11.5. The fourth-order valence-corrected chi connectivity index (χ4v) is 1.28. The Labute approximate surface area is 96.9 Å². The lowest BCUT2D eigenvalue weighted by Crippen LogP contribution is -2.25. The average Bonchev–Trinajstić information content (AvgIpc) is 2.27. The molecule has 0 atom stereocenters. The van der Waals surface area contributed by atoms with E-state index in [-0.39, 0.29) is 5.97 Å². The van der Waals surface area contributed by atoms with Crippen LogP contribution in [0.2, 0.25) is 0 Å². The van der Waals surface area contributed by atoms with Crippen molar-refractivity contribution in [2.45, 2.75) is 32.3 Å². The summed E-state index contributed by atoms with van der Waals surface area (Å²) in [5.41, 5.74) is 0.573. The smallest absolute Gasteiger partial charge is 0.306 e. The topological polar surface area (TPSA) is 26.3 Å². The number of ether oxygens (including phenoxy) is 1. The van der Waals surface area contributed by atoms with E-state index in [0.29, 0.717) is 12.8 Å². The van der Waals surface area contributed by atoms with E-state index in [1.54, 1.807) is 6.08 Å². The molecule has 0 saturated carbocycles. The zero-order chi connectivity index (χ0) is 12.0. The van der Waals surface area contributed by atoms with Crippen LogP contribution in [0.25, 0.3) is 0 Å². The summed E-state index contributed by atoms with van der Waals surface area (Å²) in [5, 5.41) is 0. The lowest BCUT2D eigenvalue weighted by atomic mass is 10.1. The molecule has 0 bridgehead atoms. The molecule has 2 nitrogen and oxygen atoms in total. The van der Waals surface area contributed by atoms with Crippen molar-refractivity contribution in [3.63, 3.8) is 0 Å². The Bertz CT molecular complexity index is 352.